The van der Waals surface area contributed by atoms with Gasteiger partial charge >= 0.3 is 6.03 Å². The van der Waals surface area contributed by atoms with E-state index in [0.717, 1.165) is 12.8 Å². The van der Waals surface area contributed by atoms with Crippen LogP contribution in [0.3, 0.4) is 0 Å². The second-order valence-electron chi connectivity index (χ2n) is 9.25. The van der Waals surface area contributed by atoms with Gasteiger partial charge in [-0.2, -0.15) is 0 Å². The standard InChI is InChI=1S/C26H29ClN6O3S/c1-16(2)22(24(35)33-12-10-18(11-13-33)17-6-8-20(27)9-7-17)30-23(34)19-4-3-5-21(14-19)29-25(36)31-26-32-28-15-37-26/h3-9,14-16,18,22H,10-13H2,1-2H3,(H,30,34)(H2,29,31,32,36)/t22-/m1/s1. The summed E-state index contributed by atoms with van der Waals surface area (Å²) in [5.74, 6) is -0.169. The number of carbonyl (C=O) groups is 3. The topological polar surface area (TPSA) is 116 Å². The summed E-state index contributed by atoms with van der Waals surface area (Å²) in [5.41, 5.74) is 3.52. The summed E-state index contributed by atoms with van der Waals surface area (Å²) in [6, 6.07) is 13.3. The molecule has 3 N–H and O–H groups in total. The van der Waals surface area contributed by atoms with Gasteiger partial charge in [0.15, 0.2) is 0 Å². The van der Waals surface area contributed by atoms with Crippen molar-refractivity contribution in [3.63, 3.8) is 0 Å². The lowest BCUT2D eigenvalue weighted by molar-refractivity contribution is -0.135. The number of nitrogens with zero attached hydrogens (tertiary/aromatic N) is 3. The maximum atomic E-state index is 13.4. The lowest BCUT2D eigenvalue weighted by atomic mass is 9.89. The van der Waals surface area contributed by atoms with Crippen LogP contribution in [0.25, 0.3) is 0 Å². The molecule has 0 radical (unpaired) electrons. The summed E-state index contributed by atoms with van der Waals surface area (Å²) < 4.78 is 0. The molecule has 11 heteroatoms. The molecule has 2 aromatic carbocycles. The van der Waals surface area contributed by atoms with Crippen LogP contribution >= 0.6 is 22.9 Å². The molecule has 3 aromatic rings. The summed E-state index contributed by atoms with van der Waals surface area (Å²) in [5, 5.41) is 16.7. The van der Waals surface area contributed by atoms with Crippen LogP contribution in [0.2, 0.25) is 5.02 Å². The zero-order valence-electron chi connectivity index (χ0n) is 20.6. The van der Waals surface area contributed by atoms with Gasteiger partial charge in [0.1, 0.15) is 11.6 Å². The van der Waals surface area contributed by atoms with Crippen molar-refractivity contribution in [3.05, 3.63) is 70.2 Å². The molecule has 194 valence electrons. The highest BCUT2D eigenvalue weighted by Gasteiger charge is 2.31. The van der Waals surface area contributed by atoms with Crippen LogP contribution in [-0.4, -0.2) is 52.1 Å². The molecule has 0 aliphatic carbocycles. The van der Waals surface area contributed by atoms with Crippen molar-refractivity contribution in [1.82, 2.24) is 20.4 Å². The first kappa shape index (κ1) is 26.6. The number of likely N-dealkylation sites (tertiary alicyclic amines) is 1. The van der Waals surface area contributed by atoms with Gasteiger partial charge in [0, 0.05) is 29.4 Å². The van der Waals surface area contributed by atoms with Gasteiger partial charge < -0.3 is 15.5 Å². The maximum absolute atomic E-state index is 13.4. The van der Waals surface area contributed by atoms with Crippen LogP contribution in [0.5, 0.6) is 0 Å². The minimum atomic E-state index is -0.656. The number of benzene rings is 2. The number of halogens is 1. The molecule has 1 aliphatic heterocycles. The quantitative estimate of drug-likeness (QED) is 0.390. The highest BCUT2D eigenvalue weighted by molar-refractivity contribution is 7.13. The van der Waals surface area contributed by atoms with Gasteiger partial charge in [0.2, 0.25) is 11.0 Å². The molecule has 1 aromatic heterocycles. The number of anilines is 2. The first-order valence-corrected chi connectivity index (χ1v) is 13.3. The van der Waals surface area contributed by atoms with Crippen LogP contribution < -0.4 is 16.0 Å². The molecular formula is C26H29ClN6O3S. The van der Waals surface area contributed by atoms with E-state index in [1.165, 1.54) is 22.4 Å². The van der Waals surface area contributed by atoms with Gasteiger partial charge in [-0.15, -0.1) is 10.2 Å². The minimum absolute atomic E-state index is 0.0800. The Balaban J connectivity index is 1.35. The van der Waals surface area contributed by atoms with Crippen LogP contribution in [-0.2, 0) is 4.79 Å². The SMILES string of the molecule is CC(C)[C@@H](NC(=O)c1cccc(NC(=O)Nc2nncs2)c1)C(=O)N1CCC(c2ccc(Cl)cc2)CC1. The number of hydrogen-bond acceptors (Lipinski definition) is 6. The molecule has 1 atom stereocenters. The van der Waals surface area contributed by atoms with Crippen molar-refractivity contribution < 1.29 is 14.4 Å². The third kappa shape index (κ3) is 7.05. The van der Waals surface area contributed by atoms with Gasteiger partial charge in [-0.1, -0.05) is 55.0 Å². The monoisotopic (exact) mass is 540 g/mol. The lowest BCUT2D eigenvalue weighted by Gasteiger charge is -2.35. The molecule has 0 unspecified atom stereocenters. The van der Waals surface area contributed by atoms with Crippen molar-refractivity contribution in [1.29, 1.82) is 0 Å². The Morgan fingerprint density at radius 3 is 2.43 bits per heavy atom. The summed E-state index contributed by atoms with van der Waals surface area (Å²) in [6.45, 7) is 5.10. The van der Waals surface area contributed by atoms with Gasteiger partial charge in [0.05, 0.1) is 0 Å². The fourth-order valence-corrected chi connectivity index (χ4v) is 4.89. The van der Waals surface area contributed by atoms with E-state index >= 15 is 0 Å². The Morgan fingerprint density at radius 2 is 1.78 bits per heavy atom. The predicted octanol–water partition coefficient (Wildman–Crippen LogP) is 5.00. The average Bonchev–Trinajstić information content (AvgIpc) is 3.40. The molecule has 4 amide bonds. The summed E-state index contributed by atoms with van der Waals surface area (Å²) in [6.07, 6.45) is 1.72. The number of piperidine rings is 1. The van der Waals surface area contributed by atoms with Gasteiger partial charge in [-0.3, -0.25) is 14.9 Å². The van der Waals surface area contributed by atoms with E-state index in [1.807, 2.05) is 43.0 Å². The van der Waals surface area contributed by atoms with Crippen LogP contribution in [0.1, 0.15) is 48.5 Å². The number of aromatic nitrogens is 2. The number of nitrogens with one attached hydrogen (secondary N) is 3. The molecule has 37 heavy (non-hydrogen) atoms. The van der Waals surface area contributed by atoms with Gasteiger partial charge in [-0.25, -0.2) is 4.79 Å². The zero-order chi connectivity index (χ0) is 26.4. The first-order valence-electron chi connectivity index (χ1n) is 12.1. The molecule has 9 nitrogen and oxygen atoms in total. The molecule has 0 saturated carbocycles. The normalized spacial score (nSPS) is 14.8. The van der Waals surface area contributed by atoms with E-state index in [-0.39, 0.29) is 17.7 Å². The molecular weight excluding hydrogens is 512 g/mol. The second-order valence-corrected chi connectivity index (χ2v) is 10.5. The van der Waals surface area contributed by atoms with E-state index in [9.17, 15) is 14.4 Å². The highest BCUT2D eigenvalue weighted by Crippen LogP contribution is 2.29. The number of rotatable bonds is 7. The summed E-state index contributed by atoms with van der Waals surface area (Å²) >= 11 is 7.20. The Morgan fingerprint density at radius 1 is 1.05 bits per heavy atom. The van der Waals surface area contributed by atoms with E-state index in [2.05, 4.69) is 26.1 Å². The second kappa shape index (κ2) is 12.2. The fourth-order valence-electron chi connectivity index (χ4n) is 4.33. The third-order valence-electron chi connectivity index (χ3n) is 6.33. The molecule has 4 rings (SSSR count). The number of urea groups is 1. The number of amides is 4. The average molecular weight is 541 g/mol. The van der Waals surface area contributed by atoms with Crippen molar-refractivity contribution >= 4 is 51.6 Å². The fraction of sp³-hybridized carbons (Fsp3) is 0.346. The Hall–Kier alpha value is -3.50. The Labute approximate surface area is 224 Å². The lowest BCUT2D eigenvalue weighted by Crippen LogP contribution is -2.52. The Bertz CT molecular complexity index is 1230. The number of carbonyl (C=O) groups excluding carboxylic acids is 3. The van der Waals surface area contributed by atoms with Crippen molar-refractivity contribution in [2.45, 2.75) is 38.6 Å². The molecule has 1 aliphatic rings. The molecule has 2 heterocycles. The summed E-state index contributed by atoms with van der Waals surface area (Å²) in [7, 11) is 0. The largest absolute Gasteiger partial charge is 0.341 e. The van der Waals surface area contributed by atoms with E-state index in [4.69, 9.17) is 11.6 Å². The molecule has 0 spiro atoms. The van der Waals surface area contributed by atoms with Crippen LogP contribution in [0.4, 0.5) is 15.6 Å². The van der Waals surface area contributed by atoms with E-state index < -0.39 is 12.1 Å². The van der Waals surface area contributed by atoms with Gasteiger partial charge in [-0.05, 0) is 60.6 Å². The van der Waals surface area contributed by atoms with Gasteiger partial charge in [0.25, 0.3) is 5.91 Å². The number of hydrogen-bond donors (Lipinski definition) is 3. The minimum Gasteiger partial charge on any atom is -0.341 e. The highest BCUT2D eigenvalue weighted by atomic mass is 35.5. The van der Waals surface area contributed by atoms with Crippen LogP contribution in [0, 0.1) is 5.92 Å². The van der Waals surface area contributed by atoms with Crippen molar-refractivity contribution in [2.24, 2.45) is 5.92 Å². The van der Waals surface area contributed by atoms with Crippen molar-refractivity contribution in [3.8, 4) is 0 Å². The first-order chi connectivity index (χ1) is 17.8. The predicted molar refractivity (Wildman–Crippen MR) is 145 cm³/mol. The Kier molecular flexibility index (Phi) is 8.73. The summed E-state index contributed by atoms with van der Waals surface area (Å²) in [4.78, 5) is 40.5. The zero-order valence-corrected chi connectivity index (χ0v) is 22.2. The van der Waals surface area contributed by atoms with E-state index in [1.54, 1.807) is 24.3 Å². The van der Waals surface area contributed by atoms with Crippen molar-refractivity contribution in [2.75, 3.05) is 23.7 Å². The van der Waals surface area contributed by atoms with Crippen LogP contribution in [0.15, 0.2) is 54.0 Å². The molecule has 1 saturated heterocycles. The molecule has 1 fully saturated rings. The molecule has 0 bridgehead atoms. The van der Waals surface area contributed by atoms with E-state index in [0.29, 0.717) is 40.4 Å². The smallest absolute Gasteiger partial charge is 0.325 e. The maximum Gasteiger partial charge on any atom is 0.325 e. The third-order valence-corrected chi connectivity index (χ3v) is 7.19.